The van der Waals surface area contributed by atoms with Gasteiger partial charge in [0.05, 0.1) is 12.1 Å². The number of hydrogen-bond donors (Lipinski definition) is 1. The molecule has 0 spiro atoms. The van der Waals surface area contributed by atoms with Crippen LogP contribution in [0.2, 0.25) is 0 Å². The molecule has 0 atom stereocenters. The number of nitrogens with zero attached hydrogens (tertiary/aromatic N) is 3. The van der Waals surface area contributed by atoms with E-state index in [0.717, 1.165) is 36.8 Å². The summed E-state index contributed by atoms with van der Waals surface area (Å²) in [7, 11) is 0. The first kappa shape index (κ1) is 27.7. The molecule has 0 radical (unpaired) electrons. The van der Waals surface area contributed by atoms with Crippen molar-refractivity contribution in [3.8, 4) is 5.75 Å². The zero-order valence-electron chi connectivity index (χ0n) is 21.9. The average Bonchev–Trinajstić information content (AvgIpc) is 3.15. The van der Waals surface area contributed by atoms with E-state index in [2.05, 4.69) is 12.0 Å². The quantitative estimate of drug-likeness (QED) is 0.265. The predicted molar refractivity (Wildman–Crippen MR) is 139 cm³/mol. The lowest BCUT2D eigenvalue weighted by molar-refractivity contribution is -0.152. The van der Waals surface area contributed by atoms with E-state index in [4.69, 9.17) is 9.47 Å². The number of benzene rings is 2. The van der Waals surface area contributed by atoms with Crippen LogP contribution in [0.1, 0.15) is 73.8 Å². The molecule has 0 aliphatic heterocycles. The van der Waals surface area contributed by atoms with Crippen LogP contribution in [0.3, 0.4) is 0 Å². The van der Waals surface area contributed by atoms with Gasteiger partial charge in [0.25, 0.3) is 0 Å². The molecule has 0 unspecified atom stereocenters. The third kappa shape index (κ3) is 7.55. The van der Waals surface area contributed by atoms with E-state index in [-0.39, 0.29) is 17.9 Å². The Morgan fingerprint density at radius 1 is 1.00 bits per heavy atom. The van der Waals surface area contributed by atoms with Crippen LogP contribution in [0.4, 0.5) is 0 Å². The Bertz CT molecular complexity index is 1260. The van der Waals surface area contributed by atoms with Gasteiger partial charge in [0.2, 0.25) is 0 Å². The van der Waals surface area contributed by atoms with E-state index in [0.29, 0.717) is 24.7 Å². The summed E-state index contributed by atoms with van der Waals surface area (Å²) in [5.74, 6) is -0.967. The van der Waals surface area contributed by atoms with Crippen molar-refractivity contribution in [3.05, 3.63) is 81.5 Å². The minimum atomic E-state index is -1.40. The molecular weight excluding hydrogens is 474 g/mol. The highest BCUT2D eigenvalue weighted by Crippen LogP contribution is 2.20. The summed E-state index contributed by atoms with van der Waals surface area (Å²) in [5.41, 5.74) is 0.734. The molecule has 2 aromatic carbocycles. The molecule has 0 saturated carbocycles. The fourth-order valence-electron chi connectivity index (χ4n) is 3.69. The van der Waals surface area contributed by atoms with Gasteiger partial charge in [-0.2, -0.15) is 5.10 Å². The number of aliphatic carboxylic acids is 1. The molecule has 0 amide bonds. The Balaban J connectivity index is 1.72. The SMILES string of the molecule is CCCCCCn1c(COC(=O)c2ccc(OC(C)(C)C(=O)O)cc2)nn(Cc2ccc(C)cc2)c1=O. The molecule has 0 bridgehead atoms. The van der Waals surface area contributed by atoms with Crippen molar-refractivity contribution in [1.82, 2.24) is 14.3 Å². The number of esters is 1. The van der Waals surface area contributed by atoms with Gasteiger partial charge < -0.3 is 14.6 Å². The number of rotatable bonds is 13. The topological polar surface area (TPSA) is 113 Å². The van der Waals surface area contributed by atoms with Crippen LogP contribution in [-0.4, -0.2) is 37.0 Å². The zero-order chi connectivity index (χ0) is 27.0. The number of hydrogen-bond acceptors (Lipinski definition) is 6. The molecule has 1 N–H and O–H groups in total. The van der Waals surface area contributed by atoms with Gasteiger partial charge in [-0.1, -0.05) is 56.0 Å². The second-order valence-electron chi connectivity index (χ2n) is 9.57. The van der Waals surface area contributed by atoms with Crippen molar-refractivity contribution in [3.63, 3.8) is 0 Å². The van der Waals surface area contributed by atoms with Crippen LogP contribution in [0.15, 0.2) is 53.3 Å². The lowest BCUT2D eigenvalue weighted by atomic mass is 10.1. The van der Waals surface area contributed by atoms with Gasteiger partial charge in [0, 0.05) is 6.54 Å². The largest absolute Gasteiger partial charge is 0.478 e. The number of carbonyl (C=O) groups is 2. The predicted octanol–water partition coefficient (Wildman–Crippen LogP) is 4.58. The summed E-state index contributed by atoms with van der Waals surface area (Å²) < 4.78 is 13.9. The first-order chi connectivity index (χ1) is 17.6. The molecule has 3 rings (SSSR count). The van der Waals surface area contributed by atoms with Gasteiger partial charge in [0.1, 0.15) is 5.75 Å². The van der Waals surface area contributed by atoms with Crippen LogP contribution < -0.4 is 10.4 Å². The first-order valence-electron chi connectivity index (χ1n) is 12.5. The molecule has 37 heavy (non-hydrogen) atoms. The zero-order valence-corrected chi connectivity index (χ0v) is 21.9. The Hall–Kier alpha value is -3.88. The van der Waals surface area contributed by atoms with E-state index in [1.807, 2.05) is 31.2 Å². The molecule has 9 nitrogen and oxygen atoms in total. The number of carboxylic acids is 1. The highest BCUT2D eigenvalue weighted by Gasteiger charge is 2.29. The molecule has 198 valence electrons. The minimum absolute atomic E-state index is 0.146. The van der Waals surface area contributed by atoms with Gasteiger partial charge in [0.15, 0.2) is 18.0 Å². The second-order valence-corrected chi connectivity index (χ2v) is 9.57. The fourth-order valence-corrected chi connectivity index (χ4v) is 3.69. The van der Waals surface area contributed by atoms with Crippen LogP contribution in [0.5, 0.6) is 5.75 Å². The molecule has 0 aliphatic rings. The van der Waals surface area contributed by atoms with Gasteiger partial charge in [-0.25, -0.2) is 19.1 Å². The van der Waals surface area contributed by atoms with Gasteiger partial charge >= 0.3 is 17.6 Å². The number of carbonyl (C=O) groups excluding carboxylic acids is 1. The van der Waals surface area contributed by atoms with Crippen molar-refractivity contribution in [2.24, 2.45) is 0 Å². The number of aromatic nitrogens is 3. The summed E-state index contributed by atoms with van der Waals surface area (Å²) in [6.07, 6.45) is 4.00. The van der Waals surface area contributed by atoms with Crippen molar-refractivity contribution < 1.29 is 24.2 Å². The van der Waals surface area contributed by atoms with Gasteiger partial charge in [-0.3, -0.25) is 4.57 Å². The van der Waals surface area contributed by atoms with Crippen molar-refractivity contribution >= 4 is 11.9 Å². The first-order valence-corrected chi connectivity index (χ1v) is 12.5. The monoisotopic (exact) mass is 509 g/mol. The lowest BCUT2D eigenvalue weighted by Gasteiger charge is -2.21. The summed E-state index contributed by atoms with van der Waals surface area (Å²) in [5, 5.41) is 13.7. The van der Waals surface area contributed by atoms with E-state index >= 15 is 0 Å². The van der Waals surface area contributed by atoms with Crippen LogP contribution in [-0.2, 0) is 29.2 Å². The Morgan fingerprint density at radius 2 is 1.68 bits per heavy atom. The standard InChI is InChI=1S/C28H35N3O6/c1-5-6-7-8-17-30-24(29-31(27(30)35)18-21-11-9-20(2)10-12-21)19-36-25(32)22-13-15-23(16-14-22)37-28(3,4)26(33)34/h9-16H,5-8,17-19H2,1-4H3,(H,33,34). The highest BCUT2D eigenvalue weighted by molar-refractivity contribution is 5.89. The molecule has 0 saturated heterocycles. The number of ether oxygens (including phenoxy) is 2. The molecule has 9 heteroatoms. The molecular formula is C28H35N3O6. The Kier molecular flexibility index (Phi) is 9.27. The second kappa shape index (κ2) is 12.4. The van der Waals surface area contributed by atoms with Crippen molar-refractivity contribution in [1.29, 1.82) is 0 Å². The third-order valence-corrected chi connectivity index (χ3v) is 6.00. The number of carboxylic acid groups (broad SMARTS) is 1. The summed E-state index contributed by atoms with van der Waals surface area (Å²) >= 11 is 0. The van der Waals surface area contributed by atoms with Crippen molar-refractivity contribution in [2.75, 3.05) is 0 Å². The van der Waals surface area contributed by atoms with Crippen LogP contribution >= 0.6 is 0 Å². The summed E-state index contributed by atoms with van der Waals surface area (Å²) in [4.78, 5) is 37.0. The normalized spacial score (nSPS) is 11.4. The van der Waals surface area contributed by atoms with Gasteiger partial charge in [-0.15, -0.1) is 0 Å². The Morgan fingerprint density at radius 3 is 2.30 bits per heavy atom. The van der Waals surface area contributed by atoms with E-state index in [1.54, 1.807) is 4.57 Å². The molecule has 1 aromatic heterocycles. The van der Waals surface area contributed by atoms with E-state index < -0.39 is 17.5 Å². The highest BCUT2D eigenvalue weighted by atomic mass is 16.5. The van der Waals surface area contributed by atoms with Crippen molar-refractivity contribution in [2.45, 2.75) is 78.7 Å². The number of unbranched alkanes of at least 4 members (excludes halogenated alkanes) is 3. The molecule has 3 aromatic rings. The maximum atomic E-state index is 13.1. The van der Waals surface area contributed by atoms with E-state index in [9.17, 15) is 19.5 Å². The summed E-state index contributed by atoms with van der Waals surface area (Å²) in [6.45, 7) is 7.70. The molecule has 0 fully saturated rings. The average molecular weight is 510 g/mol. The Labute approximate surface area is 216 Å². The minimum Gasteiger partial charge on any atom is -0.478 e. The summed E-state index contributed by atoms with van der Waals surface area (Å²) in [6, 6.07) is 13.9. The maximum Gasteiger partial charge on any atom is 0.347 e. The third-order valence-electron chi connectivity index (χ3n) is 6.00. The molecule has 0 aliphatic carbocycles. The van der Waals surface area contributed by atoms with Gasteiger partial charge in [-0.05, 0) is 57.0 Å². The maximum absolute atomic E-state index is 13.1. The van der Waals surface area contributed by atoms with Crippen LogP contribution in [0, 0.1) is 6.92 Å². The van der Waals surface area contributed by atoms with Crippen LogP contribution in [0.25, 0.3) is 0 Å². The lowest BCUT2D eigenvalue weighted by Crippen LogP contribution is -2.37. The fraction of sp³-hybridized carbons (Fsp3) is 0.429. The number of aryl methyl sites for hydroxylation is 1. The smallest absolute Gasteiger partial charge is 0.347 e. The molecule has 1 heterocycles. The van der Waals surface area contributed by atoms with E-state index in [1.165, 1.54) is 42.8 Å².